The SMILES string of the molecule is COc1cc(-c2c3c(OCCCOC4CCCCO4)cc(-c4cnn(C)c4)cc3nn2C)cc(OC(F)F)c1C(=O)N[C@@H]1C[C@@H]1F. The van der Waals surface area contributed by atoms with Gasteiger partial charge in [0.05, 0.1) is 49.2 Å². The molecule has 1 unspecified atom stereocenters. The minimum atomic E-state index is -3.23. The van der Waals surface area contributed by atoms with Gasteiger partial charge in [0.1, 0.15) is 29.0 Å². The summed E-state index contributed by atoms with van der Waals surface area (Å²) >= 11 is 0. The third kappa shape index (κ3) is 6.92. The van der Waals surface area contributed by atoms with Gasteiger partial charge in [-0.05, 0) is 49.1 Å². The Balaban J connectivity index is 1.38. The Kier molecular flexibility index (Phi) is 9.36. The zero-order valence-corrected chi connectivity index (χ0v) is 25.8. The largest absolute Gasteiger partial charge is 0.496 e. The molecule has 6 rings (SSSR count). The molecule has 3 heterocycles. The van der Waals surface area contributed by atoms with Crippen LogP contribution in [-0.4, -0.2) is 77.5 Å². The van der Waals surface area contributed by atoms with E-state index in [1.165, 1.54) is 13.2 Å². The van der Waals surface area contributed by atoms with Gasteiger partial charge < -0.3 is 29.0 Å². The first-order chi connectivity index (χ1) is 22.2. The van der Waals surface area contributed by atoms with E-state index in [2.05, 4.69) is 10.4 Å². The van der Waals surface area contributed by atoms with Gasteiger partial charge in [0.15, 0.2) is 6.29 Å². The van der Waals surface area contributed by atoms with Crippen LogP contribution >= 0.6 is 0 Å². The number of ether oxygens (including phenoxy) is 5. The molecule has 0 spiro atoms. The monoisotopic (exact) mass is 643 g/mol. The number of nitrogens with one attached hydrogen (secondary N) is 1. The first-order valence-electron chi connectivity index (χ1n) is 15.2. The number of nitrogens with zero attached hydrogens (tertiary/aromatic N) is 4. The van der Waals surface area contributed by atoms with Crippen molar-refractivity contribution in [1.29, 1.82) is 0 Å². The van der Waals surface area contributed by atoms with Crippen LogP contribution in [0, 0.1) is 0 Å². The first-order valence-corrected chi connectivity index (χ1v) is 15.2. The number of amides is 1. The van der Waals surface area contributed by atoms with Crippen LogP contribution in [0.25, 0.3) is 33.3 Å². The van der Waals surface area contributed by atoms with Crippen LogP contribution < -0.4 is 19.5 Å². The molecule has 0 bridgehead atoms. The van der Waals surface area contributed by atoms with Gasteiger partial charge in [0.25, 0.3) is 5.91 Å². The van der Waals surface area contributed by atoms with Gasteiger partial charge in [-0.3, -0.25) is 14.2 Å². The van der Waals surface area contributed by atoms with E-state index in [4.69, 9.17) is 28.8 Å². The molecule has 2 aliphatic rings. The number of rotatable bonds is 13. The van der Waals surface area contributed by atoms with Crippen molar-refractivity contribution in [2.45, 2.75) is 57.2 Å². The van der Waals surface area contributed by atoms with Crippen LogP contribution in [-0.2, 0) is 23.6 Å². The van der Waals surface area contributed by atoms with Crippen LogP contribution in [0.3, 0.4) is 0 Å². The Bertz CT molecular complexity index is 1700. The number of methoxy groups -OCH3 is 1. The second-order valence-corrected chi connectivity index (χ2v) is 11.4. The van der Waals surface area contributed by atoms with Gasteiger partial charge in [-0.1, -0.05) is 0 Å². The minimum Gasteiger partial charge on any atom is -0.496 e. The number of hydrogen-bond acceptors (Lipinski definition) is 8. The van der Waals surface area contributed by atoms with Crippen LogP contribution in [0.15, 0.2) is 36.7 Å². The second-order valence-electron chi connectivity index (χ2n) is 11.4. The summed E-state index contributed by atoms with van der Waals surface area (Å²) in [7, 11) is 4.86. The lowest BCUT2D eigenvalue weighted by Gasteiger charge is -2.22. The van der Waals surface area contributed by atoms with E-state index >= 15 is 0 Å². The Morgan fingerprint density at radius 3 is 2.54 bits per heavy atom. The van der Waals surface area contributed by atoms with E-state index in [0.717, 1.165) is 30.4 Å². The quantitative estimate of drug-likeness (QED) is 0.193. The van der Waals surface area contributed by atoms with Crippen LogP contribution in [0.5, 0.6) is 17.2 Å². The fourth-order valence-corrected chi connectivity index (χ4v) is 5.63. The van der Waals surface area contributed by atoms with E-state index in [1.807, 2.05) is 25.4 Å². The molecule has 246 valence electrons. The molecule has 2 aromatic carbocycles. The summed E-state index contributed by atoms with van der Waals surface area (Å²) < 4.78 is 72.2. The van der Waals surface area contributed by atoms with Gasteiger partial charge in [0.2, 0.25) is 0 Å². The van der Waals surface area contributed by atoms with Crippen molar-refractivity contribution in [3.8, 4) is 39.6 Å². The van der Waals surface area contributed by atoms with E-state index in [0.29, 0.717) is 54.2 Å². The molecule has 11 nitrogen and oxygen atoms in total. The lowest BCUT2D eigenvalue weighted by Crippen LogP contribution is -2.28. The van der Waals surface area contributed by atoms with Crippen molar-refractivity contribution in [3.05, 3.63) is 42.2 Å². The van der Waals surface area contributed by atoms with Gasteiger partial charge in [-0.2, -0.15) is 19.0 Å². The lowest BCUT2D eigenvalue weighted by atomic mass is 10.0. The summed E-state index contributed by atoms with van der Waals surface area (Å²) in [6.45, 7) is -1.75. The topological polar surface area (TPSA) is 111 Å². The lowest BCUT2D eigenvalue weighted by molar-refractivity contribution is -0.163. The zero-order valence-electron chi connectivity index (χ0n) is 25.8. The molecule has 1 aliphatic heterocycles. The molecule has 4 aromatic rings. The number of aromatic nitrogens is 4. The van der Waals surface area contributed by atoms with Crippen LogP contribution in [0.1, 0.15) is 42.5 Å². The molecule has 1 aliphatic carbocycles. The van der Waals surface area contributed by atoms with Crippen molar-refractivity contribution >= 4 is 16.8 Å². The summed E-state index contributed by atoms with van der Waals surface area (Å²) in [5, 5.41) is 12.1. The van der Waals surface area contributed by atoms with Crippen molar-refractivity contribution < 1.29 is 41.7 Å². The fourth-order valence-electron chi connectivity index (χ4n) is 5.63. The molecular formula is C32H36F3N5O6. The molecule has 0 radical (unpaired) electrons. The molecule has 3 atom stereocenters. The molecular weight excluding hydrogens is 607 g/mol. The van der Waals surface area contributed by atoms with Gasteiger partial charge in [-0.15, -0.1) is 0 Å². The van der Waals surface area contributed by atoms with Crippen molar-refractivity contribution in [1.82, 2.24) is 24.9 Å². The predicted molar refractivity (Wildman–Crippen MR) is 162 cm³/mol. The van der Waals surface area contributed by atoms with Crippen LogP contribution in [0.2, 0.25) is 0 Å². The van der Waals surface area contributed by atoms with Crippen LogP contribution in [0.4, 0.5) is 13.2 Å². The third-order valence-electron chi connectivity index (χ3n) is 7.96. The highest BCUT2D eigenvalue weighted by molar-refractivity contribution is 6.04. The maximum absolute atomic E-state index is 13.6. The number of aryl methyl sites for hydroxylation is 2. The molecule has 1 amide bonds. The highest BCUT2D eigenvalue weighted by Crippen LogP contribution is 2.43. The smallest absolute Gasteiger partial charge is 0.387 e. The van der Waals surface area contributed by atoms with E-state index in [-0.39, 0.29) is 24.0 Å². The highest BCUT2D eigenvalue weighted by atomic mass is 19.3. The number of halogens is 3. The maximum atomic E-state index is 13.6. The number of alkyl halides is 3. The second kappa shape index (κ2) is 13.6. The average Bonchev–Trinajstić information content (AvgIpc) is 3.37. The molecule has 14 heteroatoms. The standard InChI is InChI=1S/C32H36F3N5O6/c1-39-17-20(16-36-39)18-11-23-28(25(12-18)43-9-6-10-45-27-7-4-5-8-44-27)30(40(2)38-23)19-13-24(42-3)29(26(14-19)46-32(34)35)31(41)37-22-15-21(22)33/h11-14,16-17,21-22,27,32H,4-10,15H2,1-3H3,(H,37,41)/t21-,22+,27?/m0/s1. The maximum Gasteiger partial charge on any atom is 0.387 e. The summed E-state index contributed by atoms with van der Waals surface area (Å²) in [4.78, 5) is 13.1. The summed E-state index contributed by atoms with van der Waals surface area (Å²) in [6.07, 6.45) is 5.96. The molecule has 2 aromatic heterocycles. The number of fused-ring (bicyclic) bond motifs is 1. The number of carbonyl (C=O) groups is 1. The van der Waals surface area contributed by atoms with Crippen molar-refractivity contribution in [2.24, 2.45) is 14.1 Å². The van der Waals surface area contributed by atoms with Gasteiger partial charge in [0, 0.05) is 50.9 Å². The predicted octanol–water partition coefficient (Wildman–Crippen LogP) is 5.40. The number of benzene rings is 2. The van der Waals surface area contributed by atoms with Crippen molar-refractivity contribution in [2.75, 3.05) is 26.9 Å². The fraction of sp³-hybridized carbons (Fsp3) is 0.469. The Labute approximate surface area is 263 Å². The van der Waals surface area contributed by atoms with E-state index in [1.54, 1.807) is 28.7 Å². The zero-order chi connectivity index (χ0) is 32.4. The minimum absolute atomic E-state index is 0.0208. The summed E-state index contributed by atoms with van der Waals surface area (Å²) in [5.41, 5.74) is 2.92. The van der Waals surface area contributed by atoms with E-state index < -0.39 is 30.5 Å². The summed E-state index contributed by atoms with van der Waals surface area (Å²) in [5.74, 6) is -0.699. The molecule has 46 heavy (non-hydrogen) atoms. The molecule has 2 fully saturated rings. The van der Waals surface area contributed by atoms with Gasteiger partial charge in [-0.25, -0.2) is 4.39 Å². The van der Waals surface area contributed by atoms with Crippen molar-refractivity contribution in [3.63, 3.8) is 0 Å². The molecule has 1 saturated carbocycles. The van der Waals surface area contributed by atoms with E-state index in [9.17, 15) is 18.0 Å². The average molecular weight is 644 g/mol. The third-order valence-corrected chi connectivity index (χ3v) is 7.96. The summed E-state index contributed by atoms with van der Waals surface area (Å²) in [6, 6.07) is 5.96. The Hall–Kier alpha value is -4.30. The number of carbonyl (C=O) groups excluding carboxylic acids is 1. The number of hydrogen-bond donors (Lipinski definition) is 1. The molecule has 1 N–H and O–H groups in total. The first kappa shape index (κ1) is 31.7. The molecule has 1 saturated heterocycles. The Morgan fingerprint density at radius 1 is 1.09 bits per heavy atom. The normalized spacial score (nSPS) is 19.4. The highest BCUT2D eigenvalue weighted by Gasteiger charge is 2.40. The van der Waals surface area contributed by atoms with Gasteiger partial charge >= 0.3 is 6.61 Å². The Morgan fingerprint density at radius 2 is 1.87 bits per heavy atom.